The summed E-state index contributed by atoms with van der Waals surface area (Å²) in [5.41, 5.74) is 2.23. The first-order valence-corrected chi connectivity index (χ1v) is 10.5. The van der Waals surface area contributed by atoms with Crippen molar-refractivity contribution in [2.75, 3.05) is 20.8 Å². The minimum Gasteiger partial charge on any atom is -0.496 e. The highest BCUT2D eigenvalue weighted by molar-refractivity contribution is 14.0. The molecule has 1 fully saturated rings. The Bertz CT molecular complexity index is 748. The lowest BCUT2D eigenvalue weighted by molar-refractivity contribution is -0.149. The Labute approximate surface area is 196 Å². The van der Waals surface area contributed by atoms with Crippen molar-refractivity contribution in [2.45, 2.75) is 64.6 Å². The third kappa shape index (κ3) is 6.15. The summed E-state index contributed by atoms with van der Waals surface area (Å²) in [7, 11) is 3.46. The van der Waals surface area contributed by atoms with E-state index in [9.17, 15) is 4.79 Å². The molecule has 1 atom stereocenters. The topological polar surface area (TPSA) is 81.2 Å². The first-order valence-electron chi connectivity index (χ1n) is 10.5. The Kier molecular flexibility index (Phi) is 9.51. The van der Waals surface area contributed by atoms with Gasteiger partial charge in [-0.3, -0.25) is 9.79 Å². The highest BCUT2D eigenvalue weighted by Crippen LogP contribution is 2.35. The van der Waals surface area contributed by atoms with Crippen LogP contribution < -0.4 is 20.1 Å². The summed E-state index contributed by atoms with van der Waals surface area (Å²) < 4.78 is 16.6. The second-order valence-electron chi connectivity index (χ2n) is 7.78. The maximum Gasteiger partial charge on any atom is 0.308 e. The number of rotatable bonds is 6. The third-order valence-electron chi connectivity index (χ3n) is 5.66. The van der Waals surface area contributed by atoms with Gasteiger partial charge in [0.1, 0.15) is 17.6 Å². The van der Waals surface area contributed by atoms with E-state index >= 15 is 0 Å². The standard InChI is InChI=1S/C22H33N3O4.HI/c1-5-28-21(26)15-6-8-18(9-7-15)25-22(23-3)24-13-17-12-20-16(10-14(2)29-20)11-19(17)27-4;/h11-12,14-15,18H,5-10,13H2,1-4H3,(H2,23,24,25);1H. The fourth-order valence-corrected chi connectivity index (χ4v) is 4.11. The quantitative estimate of drug-likeness (QED) is 0.254. The number of halogens is 1. The highest BCUT2D eigenvalue weighted by Gasteiger charge is 2.27. The normalized spacial score (nSPS) is 22.9. The van der Waals surface area contributed by atoms with E-state index in [0.717, 1.165) is 55.1 Å². The molecule has 7 nitrogen and oxygen atoms in total. The number of fused-ring (bicyclic) bond motifs is 1. The number of esters is 1. The van der Waals surface area contributed by atoms with Crippen molar-refractivity contribution in [1.29, 1.82) is 0 Å². The Morgan fingerprint density at radius 3 is 2.63 bits per heavy atom. The summed E-state index contributed by atoms with van der Waals surface area (Å²) in [4.78, 5) is 16.3. The fraction of sp³-hybridized carbons (Fsp3) is 0.636. The van der Waals surface area contributed by atoms with Crippen LogP contribution in [-0.2, 0) is 22.5 Å². The van der Waals surface area contributed by atoms with E-state index in [1.54, 1.807) is 14.2 Å². The molecule has 0 bridgehead atoms. The number of nitrogens with zero attached hydrogens (tertiary/aromatic N) is 1. The molecule has 0 radical (unpaired) electrons. The van der Waals surface area contributed by atoms with Crippen LogP contribution in [0.1, 0.15) is 50.7 Å². The molecular weight excluding hydrogens is 497 g/mol. The minimum absolute atomic E-state index is 0. The molecule has 8 heteroatoms. The predicted molar refractivity (Wildman–Crippen MR) is 128 cm³/mol. The number of ether oxygens (including phenoxy) is 3. The average molecular weight is 531 g/mol. The molecule has 1 unspecified atom stereocenters. The van der Waals surface area contributed by atoms with Gasteiger partial charge < -0.3 is 24.8 Å². The molecular formula is C22H34IN3O4. The lowest BCUT2D eigenvalue weighted by Crippen LogP contribution is -2.45. The van der Waals surface area contributed by atoms with Crippen molar-refractivity contribution in [1.82, 2.24) is 10.6 Å². The largest absolute Gasteiger partial charge is 0.496 e. The van der Waals surface area contributed by atoms with Crippen LogP contribution in [0.5, 0.6) is 11.5 Å². The predicted octanol–water partition coefficient (Wildman–Crippen LogP) is 3.42. The number of hydrogen-bond donors (Lipinski definition) is 2. The van der Waals surface area contributed by atoms with E-state index in [0.29, 0.717) is 19.2 Å². The fourth-order valence-electron chi connectivity index (χ4n) is 4.11. The summed E-state index contributed by atoms with van der Waals surface area (Å²) >= 11 is 0. The van der Waals surface area contributed by atoms with Crippen LogP contribution in [0.2, 0.25) is 0 Å². The molecule has 0 spiro atoms. The van der Waals surface area contributed by atoms with Gasteiger partial charge in [0.05, 0.1) is 19.6 Å². The van der Waals surface area contributed by atoms with Crippen molar-refractivity contribution in [3.63, 3.8) is 0 Å². The SMILES string of the molecule is CCOC(=O)C1CCC(NC(=NC)NCc2cc3c(cc2OC)CC(C)O3)CC1.I. The smallest absolute Gasteiger partial charge is 0.308 e. The van der Waals surface area contributed by atoms with Gasteiger partial charge in [0.25, 0.3) is 0 Å². The van der Waals surface area contributed by atoms with Crippen LogP contribution in [0.3, 0.4) is 0 Å². The molecule has 1 aliphatic carbocycles. The van der Waals surface area contributed by atoms with E-state index in [4.69, 9.17) is 14.2 Å². The van der Waals surface area contributed by atoms with Crippen LogP contribution in [0.15, 0.2) is 17.1 Å². The molecule has 1 aromatic rings. The van der Waals surface area contributed by atoms with Crippen LogP contribution >= 0.6 is 24.0 Å². The van der Waals surface area contributed by atoms with Gasteiger partial charge in [-0.15, -0.1) is 24.0 Å². The molecule has 1 heterocycles. The summed E-state index contributed by atoms with van der Waals surface area (Å²) in [6, 6.07) is 4.43. The third-order valence-corrected chi connectivity index (χ3v) is 5.66. The monoisotopic (exact) mass is 531 g/mol. The van der Waals surface area contributed by atoms with E-state index in [1.807, 2.05) is 6.92 Å². The van der Waals surface area contributed by atoms with Gasteiger partial charge in [-0.2, -0.15) is 0 Å². The van der Waals surface area contributed by atoms with Gasteiger partial charge >= 0.3 is 5.97 Å². The first kappa shape index (κ1) is 24.6. The molecule has 1 saturated carbocycles. The minimum atomic E-state index is -0.0614. The van der Waals surface area contributed by atoms with Crippen molar-refractivity contribution in [3.05, 3.63) is 23.3 Å². The molecule has 2 N–H and O–H groups in total. The van der Waals surface area contributed by atoms with Crippen LogP contribution in [0.25, 0.3) is 0 Å². The van der Waals surface area contributed by atoms with E-state index in [2.05, 4.69) is 34.7 Å². The molecule has 1 aliphatic heterocycles. The molecule has 30 heavy (non-hydrogen) atoms. The molecule has 168 valence electrons. The van der Waals surface area contributed by atoms with Gasteiger partial charge in [-0.25, -0.2) is 0 Å². The lowest BCUT2D eigenvalue weighted by atomic mass is 9.86. The van der Waals surface area contributed by atoms with Gasteiger partial charge in [-0.05, 0) is 51.7 Å². The van der Waals surface area contributed by atoms with E-state index < -0.39 is 0 Å². The zero-order valence-electron chi connectivity index (χ0n) is 18.3. The maximum absolute atomic E-state index is 11.9. The van der Waals surface area contributed by atoms with Crippen molar-refractivity contribution in [3.8, 4) is 11.5 Å². The summed E-state index contributed by atoms with van der Waals surface area (Å²) in [5, 5.41) is 6.86. The second kappa shape index (κ2) is 11.6. The van der Waals surface area contributed by atoms with E-state index in [-0.39, 0.29) is 42.0 Å². The molecule has 0 aromatic heterocycles. The first-order chi connectivity index (χ1) is 14.0. The molecule has 2 aliphatic rings. The highest BCUT2D eigenvalue weighted by atomic mass is 127. The number of hydrogen-bond acceptors (Lipinski definition) is 5. The van der Waals surface area contributed by atoms with Crippen LogP contribution in [-0.4, -0.2) is 44.8 Å². The number of benzene rings is 1. The van der Waals surface area contributed by atoms with Gasteiger partial charge in [0.2, 0.25) is 0 Å². The second-order valence-corrected chi connectivity index (χ2v) is 7.78. The Morgan fingerprint density at radius 1 is 1.27 bits per heavy atom. The number of guanidine groups is 1. The maximum atomic E-state index is 11.9. The Balaban J connectivity index is 0.00000320. The van der Waals surface area contributed by atoms with Gasteiger partial charge in [-0.1, -0.05) is 0 Å². The summed E-state index contributed by atoms with van der Waals surface area (Å²) in [5.74, 6) is 2.52. The number of carbonyl (C=O) groups excluding carboxylic acids is 1. The van der Waals surface area contributed by atoms with Crippen LogP contribution in [0.4, 0.5) is 0 Å². The van der Waals surface area contributed by atoms with Crippen molar-refractivity contribution >= 4 is 35.9 Å². The average Bonchev–Trinajstić information content (AvgIpc) is 3.09. The number of nitrogens with one attached hydrogen (secondary N) is 2. The van der Waals surface area contributed by atoms with Crippen LogP contribution in [0, 0.1) is 5.92 Å². The molecule has 0 saturated heterocycles. The van der Waals surface area contributed by atoms with Gasteiger partial charge in [0, 0.05) is 37.2 Å². The zero-order chi connectivity index (χ0) is 20.8. The van der Waals surface area contributed by atoms with Gasteiger partial charge in [0.15, 0.2) is 5.96 Å². The number of aliphatic imine (C=N–C) groups is 1. The molecule has 1 aromatic carbocycles. The Morgan fingerprint density at radius 2 is 2.00 bits per heavy atom. The van der Waals surface area contributed by atoms with Crippen molar-refractivity contribution in [2.24, 2.45) is 10.9 Å². The summed E-state index contributed by atoms with van der Waals surface area (Å²) in [6.45, 7) is 4.96. The van der Waals surface area contributed by atoms with Crippen molar-refractivity contribution < 1.29 is 19.0 Å². The Hall–Kier alpha value is -1.71. The molecule has 0 amide bonds. The molecule has 3 rings (SSSR count). The number of carbonyl (C=O) groups is 1. The lowest BCUT2D eigenvalue weighted by Gasteiger charge is -2.29. The number of methoxy groups -OCH3 is 1. The van der Waals surface area contributed by atoms with E-state index in [1.165, 1.54) is 5.56 Å². The summed E-state index contributed by atoms with van der Waals surface area (Å²) in [6.07, 6.45) is 4.67. The zero-order valence-corrected chi connectivity index (χ0v) is 20.7.